The molecule has 0 nitrogen and oxygen atoms in total. The minimum absolute atomic E-state index is 0.0127. The molecule has 0 aliphatic rings. The molecule has 1 atom stereocenters. The Balaban J connectivity index is 2.87. The average Bonchev–Trinajstić information content (AvgIpc) is 2.47. The molecule has 1 aromatic rings. The quantitative estimate of drug-likeness (QED) is 0.610. The SMILES string of the molecule is CCC(CC)C(Cl)c1cc(Cl)sc1Cl. The summed E-state index contributed by atoms with van der Waals surface area (Å²) in [5.41, 5.74) is 0.983. The van der Waals surface area contributed by atoms with Crippen LogP contribution in [0, 0.1) is 5.92 Å². The summed E-state index contributed by atoms with van der Waals surface area (Å²) in [4.78, 5) is 0. The van der Waals surface area contributed by atoms with Crippen molar-refractivity contribution in [3.8, 4) is 0 Å². The maximum Gasteiger partial charge on any atom is 0.0991 e. The largest absolute Gasteiger partial charge is 0.117 e. The van der Waals surface area contributed by atoms with Crippen molar-refractivity contribution in [2.24, 2.45) is 5.92 Å². The van der Waals surface area contributed by atoms with E-state index >= 15 is 0 Å². The number of hydrogen-bond donors (Lipinski definition) is 0. The second-order valence-electron chi connectivity index (χ2n) is 3.26. The molecule has 0 N–H and O–H groups in total. The molecule has 80 valence electrons. The summed E-state index contributed by atoms with van der Waals surface area (Å²) in [5.74, 6) is 0.472. The minimum atomic E-state index is -0.0127. The molecule has 0 bridgehead atoms. The van der Waals surface area contributed by atoms with Crippen molar-refractivity contribution >= 4 is 46.1 Å². The minimum Gasteiger partial charge on any atom is -0.117 e. The van der Waals surface area contributed by atoms with Crippen molar-refractivity contribution in [2.75, 3.05) is 0 Å². The topological polar surface area (TPSA) is 0 Å². The van der Waals surface area contributed by atoms with E-state index in [-0.39, 0.29) is 5.38 Å². The first-order chi connectivity index (χ1) is 6.60. The Bertz CT molecular complexity index is 292. The summed E-state index contributed by atoms with van der Waals surface area (Å²) in [6.45, 7) is 4.29. The Hall–Kier alpha value is 0.570. The smallest absolute Gasteiger partial charge is 0.0991 e. The van der Waals surface area contributed by atoms with Crippen LogP contribution in [0.3, 0.4) is 0 Å². The van der Waals surface area contributed by atoms with Crippen LogP contribution in [0.4, 0.5) is 0 Å². The molecular formula is C10H13Cl3S. The number of rotatable bonds is 4. The summed E-state index contributed by atoms with van der Waals surface area (Å²) in [6, 6.07) is 1.88. The standard InChI is InChI=1S/C10H13Cl3S/c1-3-6(4-2)9(12)7-5-8(11)14-10(7)13/h5-6,9H,3-4H2,1-2H3. The van der Waals surface area contributed by atoms with Gasteiger partial charge in [0.2, 0.25) is 0 Å². The van der Waals surface area contributed by atoms with Crippen molar-refractivity contribution in [3.63, 3.8) is 0 Å². The Morgan fingerprint density at radius 2 is 1.86 bits per heavy atom. The van der Waals surface area contributed by atoms with Crippen LogP contribution in [0.25, 0.3) is 0 Å². The lowest BCUT2D eigenvalue weighted by Gasteiger charge is -2.18. The molecule has 0 spiro atoms. The fourth-order valence-corrected chi connectivity index (χ4v) is 3.70. The van der Waals surface area contributed by atoms with Crippen LogP contribution in [0.1, 0.15) is 37.6 Å². The highest BCUT2D eigenvalue weighted by atomic mass is 35.5. The zero-order chi connectivity index (χ0) is 10.7. The van der Waals surface area contributed by atoms with Crippen molar-refractivity contribution in [1.82, 2.24) is 0 Å². The highest BCUT2D eigenvalue weighted by Gasteiger charge is 2.21. The monoisotopic (exact) mass is 270 g/mol. The highest BCUT2D eigenvalue weighted by Crippen LogP contribution is 2.42. The van der Waals surface area contributed by atoms with E-state index in [0.717, 1.165) is 22.7 Å². The van der Waals surface area contributed by atoms with Crippen LogP contribution in [0.5, 0.6) is 0 Å². The van der Waals surface area contributed by atoms with Gasteiger partial charge in [-0.2, -0.15) is 0 Å². The van der Waals surface area contributed by atoms with Crippen LogP contribution in [0.2, 0.25) is 8.67 Å². The van der Waals surface area contributed by atoms with E-state index < -0.39 is 0 Å². The summed E-state index contributed by atoms with van der Waals surface area (Å²) < 4.78 is 1.43. The average molecular weight is 272 g/mol. The molecule has 0 amide bonds. The third-order valence-corrected chi connectivity index (χ3v) is 4.55. The first-order valence-electron chi connectivity index (χ1n) is 4.68. The van der Waals surface area contributed by atoms with Gasteiger partial charge in [0.15, 0.2) is 0 Å². The Morgan fingerprint density at radius 3 is 2.21 bits per heavy atom. The lowest BCUT2D eigenvalue weighted by Crippen LogP contribution is -2.05. The zero-order valence-corrected chi connectivity index (χ0v) is 11.3. The molecule has 1 aromatic heterocycles. The van der Waals surface area contributed by atoms with Gasteiger partial charge in [0, 0.05) is 5.56 Å². The second kappa shape index (κ2) is 5.60. The van der Waals surface area contributed by atoms with Crippen molar-refractivity contribution < 1.29 is 0 Å². The summed E-state index contributed by atoms with van der Waals surface area (Å²) in [6.07, 6.45) is 2.13. The summed E-state index contributed by atoms with van der Waals surface area (Å²) >= 11 is 19.7. The maximum atomic E-state index is 6.35. The van der Waals surface area contributed by atoms with E-state index in [1.807, 2.05) is 6.07 Å². The van der Waals surface area contributed by atoms with E-state index in [4.69, 9.17) is 34.8 Å². The van der Waals surface area contributed by atoms with Crippen LogP contribution in [-0.4, -0.2) is 0 Å². The van der Waals surface area contributed by atoms with Gasteiger partial charge in [-0.05, 0) is 12.0 Å². The lowest BCUT2D eigenvalue weighted by molar-refractivity contribution is 0.476. The first kappa shape index (κ1) is 12.6. The molecule has 0 aliphatic carbocycles. The normalized spacial score (nSPS) is 13.6. The van der Waals surface area contributed by atoms with Gasteiger partial charge in [-0.25, -0.2) is 0 Å². The van der Waals surface area contributed by atoms with Crippen molar-refractivity contribution in [1.29, 1.82) is 0 Å². The number of thiophene rings is 1. The predicted octanol–water partition coefficient (Wildman–Crippen LogP) is 5.77. The van der Waals surface area contributed by atoms with E-state index in [1.165, 1.54) is 11.3 Å². The van der Waals surface area contributed by atoms with Gasteiger partial charge in [0.25, 0.3) is 0 Å². The van der Waals surface area contributed by atoms with Gasteiger partial charge < -0.3 is 0 Å². The van der Waals surface area contributed by atoms with Crippen LogP contribution in [-0.2, 0) is 0 Å². The number of hydrogen-bond acceptors (Lipinski definition) is 1. The second-order valence-corrected chi connectivity index (χ2v) is 6.01. The predicted molar refractivity (Wildman–Crippen MR) is 67.0 cm³/mol. The third kappa shape index (κ3) is 2.79. The van der Waals surface area contributed by atoms with E-state index in [1.54, 1.807) is 0 Å². The fourth-order valence-electron chi connectivity index (χ4n) is 1.50. The first-order valence-corrected chi connectivity index (χ1v) is 6.69. The van der Waals surface area contributed by atoms with Crippen molar-refractivity contribution in [2.45, 2.75) is 32.1 Å². The third-order valence-electron chi connectivity index (χ3n) is 2.44. The van der Waals surface area contributed by atoms with Crippen LogP contribution < -0.4 is 0 Å². The molecular weight excluding hydrogens is 259 g/mol. The summed E-state index contributed by atoms with van der Waals surface area (Å²) in [7, 11) is 0. The Morgan fingerprint density at radius 1 is 1.29 bits per heavy atom. The van der Waals surface area contributed by atoms with Crippen molar-refractivity contribution in [3.05, 3.63) is 20.3 Å². The molecule has 1 rings (SSSR count). The molecule has 0 fully saturated rings. The fraction of sp³-hybridized carbons (Fsp3) is 0.600. The molecule has 0 aromatic carbocycles. The summed E-state index contributed by atoms with van der Waals surface area (Å²) in [5, 5.41) is -0.0127. The van der Waals surface area contributed by atoms with Crippen LogP contribution >= 0.6 is 46.1 Å². The number of alkyl halides is 1. The Kier molecular flexibility index (Phi) is 5.05. The van der Waals surface area contributed by atoms with E-state index in [0.29, 0.717) is 10.3 Å². The Labute approximate surface area is 104 Å². The van der Waals surface area contributed by atoms with Gasteiger partial charge in [-0.1, -0.05) is 49.9 Å². The van der Waals surface area contributed by atoms with Gasteiger partial charge in [0.1, 0.15) is 0 Å². The molecule has 0 aliphatic heterocycles. The number of halogens is 3. The van der Waals surface area contributed by atoms with Gasteiger partial charge in [-0.15, -0.1) is 22.9 Å². The highest BCUT2D eigenvalue weighted by molar-refractivity contribution is 7.20. The van der Waals surface area contributed by atoms with E-state index in [2.05, 4.69) is 13.8 Å². The lowest BCUT2D eigenvalue weighted by atomic mass is 9.95. The van der Waals surface area contributed by atoms with Crippen LogP contribution in [0.15, 0.2) is 6.07 Å². The maximum absolute atomic E-state index is 6.35. The zero-order valence-electron chi connectivity index (χ0n) is 8.19. The molecule has 0 radical (unpaired) electrons. The molecule has 4 heteroatoms. The molecule has 0 saturated carbocycles. The van der Waals surface area contributed by atoms with E-state index in [9.17, 15) is 0 Å². The van der Waals surface area contributed by atoms with Gasteiger partial charge in [0.05, 0.1) is 14.0 Å². The van der Waals surface area contributed by atoms with Gasteiger partial charge in [-0.3, -0.25) is 0 Å². The molecule has 14 heavy (non-hydrogen) atoms. The molecule has 1 heterocycles. The molecule has 0 saturated heterocycles. The molecule has 1 unspecified atom stereocenters. The van der Waals surface area contributed by atoms with Gasteiger partial charge >= 0.3 is 0 Å².